The van der Waals surface area contributed by atoms with Gasteiger partial charge in [0.25, 0.3) is 0 Å². The number of nitrogens with one attached hydrogen (secondary N) is 3. The summed E-state index contributed by atoms with van der Waals surface area (Å²) in [5, 5.41) is 6.23. The molecule has 1 aromatic carbocycles. The van der Waals surface area contributed by atoms with Crippen LogP contribution >= 0.6 is 0 Å². The van der Waals surface area contributed by atoms with E-state index in [1.165, 1.54) is 5.56 Å². The molecule has 0 aromatic heterocycles. The van der Waals surface area contributed by atoms with Crippen molar-refractivity contribution in [2.24, 2.45) is 4.99 Å². The Morgan fingerprint density at radius 2 is 1.87 bits per heavy atom. The first-order chi connectivity index (χ1) is 10.9. The maximum absolute atomic E-state index is 11.0. The number of hydrogen-bond donors (Lipinski definition) is 3. The number of ether oxygens (including phenoxy) is 1. The molecule has 0 amide bonds. The molecule has 0 saturated heterocycles. The van der Waals surface area contributed by atoms with Crippen LogP contribution in [0.2, 0.25) is 0 Å². The van der Waals surface area contributed by atoms with Gasteiger partial charge in [0, 0.05) is 13.1 Å². The fraction of sp³-hybridized carbons (Fsp3) is 0.533. The third-order valence-corrected chi connectivity index (χ3v) is 3.50. The first-order valence-electron chi connectivity index (χ1n) is 7.57. The predicted molar refractivity (Wildman–Crippen MR) is 93.5 cm³/mol. The van der Waals surface area contributed by atoms with Crippen LogP contribution in [0.5, 0.6) is 5.75 Å². The number of hydrogen-bond acceptors (Lipinski definition) is 4. The standard InChI is InChI=1S/C15H26N4O3S/c1-4-16-15(17-9-10-19-23(3,20)21)18-11-12-22-14-7-5-13(2)6-8-14/h5-8,19H,4,9-12H2,1-3H3,(H2,16,17,18). The van der Waals surface area contributed by atoms with Gasteiger partial charge in [-0.15, -0.1) is 0 Å². The second-order valence-electron chi connectivity index (χ2n) is 5.02. The number of sulfonamides is 1. The molecule has 1 aromatic rings. The summed E-state index contributed by atoms with van der Waals surface area (Å²) < 4.78 is 29.9. The first kappa shape index (κ1) is 19.2. The summed E-state index contributed by atoms with van der Waals surface area (Å²) >= 11 is 0. The summed E-state index contributed by atoms with van der Waals surface area (Å²) in [5.74, 6) is 1.46. The summed E-state index contributed by atoms with van der Waals surface area (Å²) in [4.78, 5) is 4.28. The van der Waals surface area contributed by atoms with Crippen molar-refractivity contribution in [1.29, 1.82) is 0 Å². The van der Waals surface area contributed by atoms with Gasteiger partial charge >= 0.3 is 0 Å². The molecule has 0 bridgehead atoms. The van der Waals surface area contributed by atoms with E-state index in [4.69, 9.17) is 4.74 Å². The average Bonchev–Trinajstić information content (AvgIpc) is 2.48. The molecule has 0 heterocycles. The minimum Gasteiger partial charge on any atom is -0.492 e. The summed E-state index contributed by atoms with van der Waals surface area (Å²) in [6.07, 6.45) is 1.13. The fourth-order valence-corrected chi connectivity index (χ4v) is 2.18. The maximum Gasteiger partial charge on any atom is 0.208 e. The average molecular weight is 342 g/mol. The van der Waals surface area contributed by atoms with Gasteiger partial charge in [-0.2, -0.15) is 0 Å². The monoisotopic (exact) mass is 342 g/mol. The van der Waals surface area contributed by atoms with Crippen LogP contribution in [0.3, 0.4) is 0 Å². The van der Waals surface area contributed by atoms with Crippen molar-refractivity contribution in [3.63, 3.8) is 0 Å². The Morgan fingerprint density at radius 3 is 2.48 bits per heavy atom. The van der Waals surface area contributed by atoms with Crippen molar-refractivity contribution in [1.82, 2.24) is 15.4 Å². The maximum atomic E-state index is 11.0. The summed E-state index contributed by atoms with van der Waals surface area (Å²) in [6, 6.07) is 7.88. The molecule has 0 atom stereocenters. The molecule has 0 fully saturated rings. The molecule has 0 radical (unpaired) electrons. The smallest absolute Gasteiger partial charge is 0.208 e. The zero-order valence-electron chi connectivity index (χ0n) is 13.9. The molecule has 0 unspecified atom stereocenters. The van der Waals surface area contributed by atoms with E-state index in [1.54, 1.807) is 0 Å². The fourth-order valence-electron chi connectivity index (χ4n) is 1.71. The Bertz CT molecular complexity index is 585. The Kier molecular flexibility index (Phi) is 8.42. The summed E-state index contributed by atoms with van der Waals surface area (Å²) in [6.45, 7) is 6.47. The molecule has 0 spiro atoms. The van der Waals surface area contributed by atoms with Gasteiger partial charge in [0.1, 0.15) is 12.4 Å². The lowest BCUT2D eigenvalue weighted by Crippen LogP contribution is -2.40. The van der Waals surface area contributed by atoms with Gasteiger partial charge in [0.2, 0.25) is 10.0 Å². The molecule has 8 heteroatoms. The number of guanidine groups is 1. The van der Waals surface area contributed by atoms with Crippen LogP contribution in [0, 0.1) is 6.92 Å². The lowest BCUT2D eigenvalue weighted by molar-refractivity contribution is 0.322. The van der Waals surface area contributed by atoms with E-state index in [0.717, 1.165) is 18.6 Å². The topological polar surface area (TPSA) is 91.8 Å². The largest absolute Gasteiger partial charge is 0.492 e. The van der Waals surface area contributed by atoms with Crippen molar-refractivity contribution in [2.45, 2.75) is 13.8 Å². The molecule has 130 valence electrons. The van der Waals surface area contributed by atoms with Crippen LogP contribution in [0.4, 0.5) is 0 Å². The van der Waals surface area contributed by atoms with Crippen molar-refractivity contribution < 1.29 is 13.2 Å². The molecule has 0 saturated carbocycles. The summed E-state index contributed by atoms with van der Waals surface area (Å²) in [5.41, 5.74) is 1.19. The number of aryl methyl sites for hydroxylation is 1. The number of nitrogens with zero attached hydrogens (tertiary/aromatic N) is 1. The SMILES string of the molecule is CCNC(=NCCNS(C)(=O)=O)NCCOc1ccc(C)cc1. The van der Waals surface area contributed by atoms with Gasteiger partial charge in [-0.05, 0) is 26.0 Å². The van der Waals surface area contributed by atoms with E-state index in [2.05, 4.69) is 20.3 Å². The van der Waals surface area contributed by atoms with E-state index in [1.807, 2.05) is 38.1 Å². The van der Waals surface area contributed by atoms with Gasteiger partial charge in [-0.1, -0.05) is 17.7 Å². The van der Waals surface area contributed by atoms with Gasteiger partial charge in [0.05, 0.1) is 19.3 Å². The van der Waals surface area contributed by atoms with Gasteiger partial charge < -0.3 is 15.4 Å². The van der Waals surface area contributed by atoms with E-state index in [9.17, 15) is 8.42 Å². The van der Waals surface area contributed by atoms with Gasteiger partial charge in [0.15, 0.2) is 5.96 Å². The van der Waals surface area contributed by atoms with Crippen LogP contribution in [0.25, 0.3) is 0 Å². The molecule has 0 aliphatic rings. The molecule has 3 N–H and O–H groups in total. The quantitative estimate of drug-likeness (QED) is 0.345. The van der Waals surface area contributed by atoms with Crippen LogP contribution in [-0.4, -0.2) is 53.4 Å². The molecular formula is C15H26N4O3S. The highest BCUT2D eigenvalue weighted by Gasteiger charge is 2.00. The minimum absolute atomic E-state index is 0.273. The summed E-state index contributed by atoms with van der Waals surface area (Å²) in [7, 11) is -3.17. The number of rotatable bonds is 9. The van der Waals surface area contributed by atoms with Gasteiger partial charge in [-0.3, -0.25) is 4.99 Å². The molecule has 7 nitrogen and oxygen atoms in total. The third kappa shape index (κ3) is 9.75. The van der Waals surface area contributed by atoms with Crippen LogP contribution in [-0.2, 0) is 10.0 Å². The molecule has 0 aliphatic carbocycles. The highest BCUT2D eigenvalue weighted by atomic mass is 32.2. The first-order valence-corrected chi connectivity index (χ1v) is 9.46. The lowest BCUT2D eigenvalue weighted by Gasteiger charge is -2.12. The van der Waals surface area contributed by atoms with Crippen molar-refractivity contribution >= 4 is 16.0 Å². The molecule has 1 rings (SSSR count). The highest BCUT2D eigenvalue weighted by Crippen LogP contribution is 2.10. The molecule has 0 aliphatic heterocycles. The van der Waals surface area contributed by atoms with Gasteiger partial charge in [-0.25, -0.2) is 13.1 Å². The highest BCUT2D eigenvalue weighted by molar-refractivity contribution is 7.88. The van der Waals surface area contributed by atoms with Crippen molar-refractivity contribution in [3.05, 3.63) is 29.8 Å². The Labute approximate surface area is 138 Å². The third-order valence-electron chi connectivity index (χ3n) is 2.77. The second-order valence-corrected chi connectivity index (χ2v) is 6.85. The van der Waals surface area contributed by atoms with Crippen LogP contribution in [0.1, 0.15) is 12.5 Å². The van der Waals surface area contributed by atoms with E-state index in [0.29, 0.717) is 25.7 Å². The van der Waals surface area contributed by atoms with Crippen LogP contribution < -0.4 is 20.1 Å². The van der Waals surface area contributed by atoms with Crippen LogP contribution in [0.15, 0.2) is 29.3 Å². The molecule has 23 heavy (non-hydrogen) atoms. The van der Waals surface area contributed by atoms with E-state index >= 15 is 0 Å². The predicted octanol–water partition coefficient (Wildman–Crippen LogP) is 0.478. The second kappa shape index (κ2) is 10.1. The lowest BCUT2D eigenvalue weighted by atomic mass is 10.2. The zero-order chi connectivity index (χ0) is 17.1. The Morgan fingerprint density at radius 1 is 1.17 bits per heavy atom. The molecular weight excluding hydrogens is 316 g/mol. The Balaban J connectivity index is 2.30. The number of aliphatic imine (C=N–C) groups is 1. The number of benzene rings is 1. The van der Waals surface area contributed by atoms with E-state index < -0.39 is 10.0 Å². The Hall–Kier alpha value is -1.80. The van der Waals surface area contributed by atoms with Crippen molar-refractivity contribution in [3.8, 4) is 5.75 Å². The van der Waals surface area contributed by atoms with E-state index in [-0.39, 0.29) is 6.54 Å². The van der Waals surface area contributed by atoms with Crippen molar-refractivity contribution in [2.75, 3.05) is 39.0 Å². The normalized spacial score (nSPS) is 12.0. The minimum atomic E-state index is -3.17. The zero-order valence-corrected chi connectivity index (χ0v) is 14.7.